The Labute approximate surface area is 268 Å². The van der Waals surface area contributed by atoms with Crippen molar-refractivity contribution in [1.29, 1.82) is 0 Å². The average Bonchev–Trinajstić information content (AvgIpc) is 3.65. The summed E-state index contributed by atoms with van der Waals surface area (Å²) in [5.41, 5.74) is 1.52. The van der Waals surface area contributed by atoms with E-state index in [-0.39, 0.29) is 44.0 Å². The van der Waals surface area contributed by atoms with E-state index < -0.39 is 17.4 Å². The van der Waals surface area contributed by atoms with E-state index in [0.717, 1.165) is 30.5 Å². The Morgan fingerprint density at radius 1 is 1.13 bits per heavy atom. The van der Waals surface area contributed by atoms with Gasteiger partial charge in [0, 0.05) is 41.7 Å². The van der Waals surface area contributed by atoms with Gasteiger partial charge in [0.1, 0.15) is 0 Å². The monoisotopic (exact) mass is 630 g/mol. The minimum atomic E-state index is -1.89. The second kappa shape index (κ2) is 14.4. The standard InChI is InChI=1S/C35H39ClN4O5/c1-24(7-5-11-32(42)39(19-20-41)22-25-8-3-2-4-9-25)35(45)29-21-27(36)14-17-31(29)40(34(35)44)23-26-12-15-28(16-13-26)38-33(43)30-10-6-18-37-30/h2-5,7-9,12-17,21,24,30,37,41,45H,6,10-11,18-20,22-23H2,1H3,(H,38,43)/b7-5+/t24-,30-,35+/m1/s1. The second-order valence-corrected chi connectivity index (χ2v) is 12.0. The van der Waals surface area contributed by atoms with Crippen molar-refractivity contribution in [3.05, 3.63) is 107 Å². The zero-order valence-electron chi connectivity index (χ0n) is 25.3. The molecule has 1 fully saturated rings. The highest BCUT2D eigenvalue weighted by Crippen LogP contribution is 2.46. The molecular weight excluding hydrogens is 592 g/mol. The van der Waals surface area contributed by atoms with Crippen LogP contribution < -0.4 is 15.5 Å². The van der Waals surface area contributed by atoms with Crippen molar-refractivity contribution in [2.24, 2.45) is 5.92 Å². The predicted octanol–water partition coefficient (Wildman–Crippen LogP) is 4.37. The van der Waals surface area contributed by atoms with Crippen LogP contribution in [0.15, 0.2) is 84.9 Å². The number of anilines is 2. The highest BCUT2D eigenvalue weighted by molar-refractivity contribution is 6.31. The molecule has 2 aliphatic heterocycles. The lowest BCUT2D eigenvalue weighted by Gasteiger charge is -2.28. The molecule has 3 aromatic rings. The quantitative estimate of drug-likeness (QED) is 0.221. The molecule has 10 heteroatoms. The van der Waals surface area contributed by atoms with Gasteiger partial charge in [0.15, 0.2) is 5.60 Å². The number of hydrogen-bond acceptors (Lipinski definition) is 6. The van der Waals surface area contributed by atoms with Crippen LogP contribution in [0.2, 0.25) is 5.02 Å². The van der Waals surface area contributed by atoms with Crippen LogP contribution in [-0.4, -0.2) is 58.6 Å². The summed E-state index contributed by atoms with van der Waals surface area (Å²) in [4.78, 5) is 42.5. The maximum absolute atomic E-state index is 13.9. The summed E-state index contributed by atoms with van der Waals surface area (Å²) in [5.74, 6) is -1.40. The molecule has 4 N–H and O–H groups in total. The van der Waals surface area contributed by atoms with Crippen LogP contribution in [0.3, 0.4) is 0 Å². The number of hydrogen-bond donors (Lipinski definition) is 4. The molecule has 3 amide bonds. The first-order chi connectivity index (χ1) is 21.7. The molecule has 45 heavy (non-hydrogen) atoms. The Balaban J connectivity index is 1.28. The van der Waals surface area contributed by atoms with E-state index in [9.17, 15) is 24.6 Å². The van der Waals surface area contributed by atoms with Crippen LogP contribution in [0.4, 0.5) is 11.4 Å². The van der Waals surface area contributed by atoms with Crippen LogP contribution >= 0.6 is 11.6 Å². The van der Waals surface area contributed by atoms with Crippen molar-refractivity contribution in [3.63, 3.8) is 0 Å². The fraction of sp³-hybridized carbons (Fsp3) is 0.343. The van der Waals surface area contributed by atoms with E-state index in [2.05, 4.69) is 10.6 Å². The van der Waals surface area contributed by atoms with Crippen LogP contribution in [0.25, 0.3) is 0 Å². The maximum Gasteiger partial charge on any atom is 0.264 e. The minimum absolute atomic E-state index is 0.0489. The van der Waals surface area contributed by atoms with E-state index in [4.69, 9.17) is 11.6 Å². The molecule has 0 spiro atoms. The first-order valence-corrected chi connectivity index (χ1v) is 15.6. The van der Waals surface area contributed by atoms with Crippen molar-refractivity contribution >= 4 is 40.7 Å². The van der Waals surface area contributed by atoms with Gasteiger partial charge >= 0.3 is 0 Å². The van der Waals surface area contributed by atoms with E-state index in [0.29, 0.717) is 28.5 Å². The van der Waals surface area contributed by atoms with Gasteiger partial charge < -0.3 is 30.6 Å². The molecule has 3 atom stereocenters. The van der Waals surface area contributed by atoms with Crippen LogP contribution in [0.5, 0.6) is 0 Å². The lowest BCUT2D eigenvalue weighted by molar-refractivity contribution is -0.139. The number of nitrogens with one attached hydrogen (secondary N) is 2. The normalized spacial score (nSPS) is 20.0. The third kappa shape index (κ3) is 7.28. The van der Waals surface area contributed by atoms with Gasteiger partial charge in [0.25, 0.3) is 5.91 Å². The summed E-state index contributed by atoms with van der Waals surface area (Å²) in [6.45, 7) is 3.20. The number of aliphatic hydroxyl groups is 2. The number of carbonyl (C=O) groups is 3. The number of amides is 3. The molecule has 5 rings (SSSR count). The largest absolute Gasteiger partial charge is 0.395 e. The fourth-order valence-electron chi connectivity index (χ4n) is 5.95. The molecule has 236 valence electrons. The molecule has 0 saturated carbocycles. The highest BCUT2D eigenvalue weighted by atomic mass is 35.5. The summed E-state index contributed by atoms with van der Waals surface area (Å²) in [5, 5.41) is 28.0. The molecule has 1 saturated heterocycles. The average molecular weight is 631 g/mol. The van der Waals surface area contributed by atoms with Gasteiger partial charge in [-0.05, 0) is 60.8 Å². The number of benzene rings is 3. The second-order valence-electron chi connectivity index (χ2n) is 11.6. The first kappa shape index (κ1) is 32.4. The molecule has 0 bridgehead atoms. The molecule has 2 aliphatic rings. The third-order valence-corrected chi connectivity index (χ3v) is 8.72. The number of carbonyl (C=O) groups excluding carboxylic acids is 3. The molecule has 2 heterocycles. The zero-order chi connectivity index (χ0) is 32.0. The number of aliphatic hydroxyl groups excluding tert-OH is 1. The molecule has 0 radical (unpaired) electrons. The third-order valence-electron chi connectivity index (χ3n) is 8.49. The molecular formula is C35H39ClN4O5. The van der Waals surface area contributed by atoms with Gasteiger partial charge in [-0.1, -0.05) is 73.1 Å². The topological polar surface area (TPSA) is 122 Å². The van der Waals surface area contributed by atoms with Crippen molar-refractivity contribution in [3.8, 4) is 0 Å². The number of nitrogens with zero attached hydrogens (tertiary/aromatic N) is 2. The SMILES string of the molecule is C[C@H](/C=C/CC(=O)N(CCO)Cc1ccccc1)[C@@]1(O)C(=O)N(Cc2ccc(NC(=O)[C@H]3CCCN3)cc2)c2ccc(Cl)cc21. The smallest absolute Gasteiger partial charge is 0.264 e. The van der Waals surface area contributed by atoms with Gasteiger partial charge in [0.05, 0.1) is 24.9 Å². The molecule has 0 unspecified atom stereocenters. The first-order valence-electron chi connectivity index (χ1n) is 15.3. The fourth-order valence-corrected chi connectivity index (χ4v) is 6.12. The van der Waals surface area contributed by atoms with Crippen LogP contribution in [0.1, 0.15) is 42.9 Å². The van der Waals surface area contributed by atoms with Crippen molar-refractivity contribution in [2.45, 2.75) is 50.9 Å². The molecule has 0 aromatic heterocycles. The Morgan fingerprint density at radius 3 is 2.58 bits per heavy atom. The maximum atomic E-state index is 13.9. The van der Waals surface area contributed by atoms with Crippen LogP contribution in [-0.2, 0) is 33.1 Å². The van der Waals surface area contributed by atoms with Gasteiger partial charge in [-0.2, -0.15) is 0 Å². The Morgan fingerprint density at radius 2 is 1.89 bits per heavy atom. The minimum Gasteiger partial charge on any atom is -0.395 e. The summed E-state index contributed by atoms with van der Waals surface area (Å²) in [7, 11) is 0. The Bertz CT molecular complexity index is 1540. The summed E-state index contributed by atoms with van der Waals surface area (Å²) in [6, 6.07) is 21.7. The van der Waals surface area contributed by atoms with Gasteiger partial charge in [-0.15, -0.1) is 0 Å². The van der Waals surface area contributed by atoms with E-state index >= 15 is 0 Å². The van der Waals surface area contributed by atoms with Gasteiger partial charge in [0.2, 0.25) is 11.8 Å². The van der Waals surface area contributed by atoms with Gasteiger partial charge in [-0.25, -0.2) is 0 Å². The van der Waals surface area contributed by atoms with Crippen molar-refractivity contribution in [2.75, 3.05) is 29.9 Å². The lowest BCUT2D eigenvalue weighted by Crippen LogP contribution is -2.44. The summed E-state index contributed by atoms with van der Waals surface area (Å²) in [6.07, 6.45) is 5.18. The van der Waals surface area contributed by atoms with E-state index in [1.807, 2.05) is 42.5 Å². The van der Waals surface area contributed by atoms with Crippen molar-refractivity contribution in [1.82, 2.24) is 10.2 Å². The number of halogens is 1. The Hall–Kier alpha value is -4.02. The molecule has 9 nitrogen and oxygen atoms in total. The van der Waals surface area contributed by atoms with Crippen LogP contribution in [0, 0.1) is 5.92 Å². The Kier molecular flexibility index (Phi) is 10.4. The summed E-state index contributed by atoms with van der Waals surface area (Å²) >= 11 is 6.33. The van der Waals surface area contributed by atoms with Gasteiger partial charge in [-0.3, -0.25) is 14.4 Å². The molecule has 3 aromatic carbocycles. The number of rotatable bonds is 12. The zero-order valence-corrected chi connectivity index (χ0v) is 26.0. The van der Waals surface area contributed by atoms with E-state index in [1.165, 1.54) is 0 Å². The number of fused-ring (bicyclic) bond motifs is 1. The lowest BCUT2D eigenvalue weighted by atomic mass is 9.83. The van der Waals surface area contributed by atoms with Crippen molar-refractivity contribution < 1.29 is 24.6 Å². The van der Waals surface area contributed by atoms with E-state index in [1.54, 1.807) is 59.2 Å². The predicted molar refractivity (Wildman–Crippen MR) is 175 cm³/mol. The highest BCUT2D eigenvalue weighted by Gasteiger charge is 2.52. The molecule has 0 aliphatic carbocycles. The summed E-state index contributed by atoms with van der Waals surface area (Å²) < 4.78 is 0.